The van der Waals surface area contributed by atoms with Gasteiger partial charge in [-0.2, -0.15) is 0 Å². The summed E-state index contributed by atoms with van der Waals surface area (Å²) < 4.78 is 0. The highest BCUT2D eigenvalue weighted by atomic mass is 16.6. The van der Waals surface area contributed by atoms with E-state index in [0.29, 0.717) is 11.1 Å². The number of nitro groups is 1. The number of nitrogens with zero attached hydrogens (tertiary/aromatic N) is 1. The van der Waals surface area contributed by atoms with Crippen molar-refractivity contribution in [3.8, 4) is 0 Å². The first-order valence-electron chi connectivity index (χ1n) is 4.20. The van der Waals surface area contributed by atoms with E-state index < -0.39 is 4.92 Å². The maximum Gasteiger partial charge on any atom is 0.273 e. The van der Waals surface area contributed by atoms with Crippen molar-refractivity contribution in [1.82, 2.24) is 0 Å². The third kappa shape index (κ3) is 1.64. The number of hydrogen-bond donors (Lipinski definition) is 0. The van der Waals surface area contributed by atoms with Crippen molar-refractivity contribution in [2.45, 2.75) is 20.8 Å². The lowest BCUT2D eigenvalue weighted by molar-refractivity contribution is -0.385. The van der Waals surface area contributed by atoms with Gasteiger partial charge in [0.05, 0.1) is 4.92 Å². The number of hydrogen-bond acceptors (Lipinski definition) is 3. The Labute approximate surface area is 81.7 Å². The van der Waals surface area contributed by atoms with Gasteiger partial charge in [0.1, 0.15) is 0 Å². The first-order valence-corrected chi connectivity index (χ1v) is 4.20. The zero-order valence-corrected chi connectivity index (χ0v) is 8.33. The highest BCUT2D eigenvalue weighted by Crippen LogP contribution is 2.24. The molecule has 0 bridgehead atoms. The number of rotatable bonds is 2. The third-order valence-corrected chi connectivity index (χ3v) is 2.19. The van der Waals surface area contributed by atoms with Crippen LogP contribution in [-0.2, 0) is 0 Å². The van der Waals surface area contributed by atoms with E-state index in [-0.39, 0.29) is 11.5 Å². The molecule has 0 aliphatic carbocycles. The van der Waals surface area contributed by atoms with Crippen LogP contribution in [0.25, 0.3) is 0 Å². The third-order valence-electron chi connectivity index (χ3n) is 2.19. The molecule has 0 N–H and O–H groups in total. The number of benzene rings is 1. The number of Topliss-reactive ketones (excluding diaryl/α,β-unsaturated/α-hetero) is 1. The van der Waals surface area contributed by atoms with Gasteiger partial charge < -0.3 is 0 Å². The summed E-state index contributed by atoms with van der Waals surface area (Å²) in [6, 6.07) is 3.03. The smallest absolute Gasteiger partial charge is 0.273 e. The number of carbonyl (C=O) groups excluding carboxylic acids is 1. The molecule has 0 fully saturated rings. The van der Waals surface area contributed by atoms with Gasteiger partial charge in [0.2, 0.25) is 0 Å². The molecule has 0 saturated heterocycles. The van der Waals surface area contributed by atoms with E-state index in [9.17, 15) is 14.9 Å². The van der Waals surface area contributed by atoms with Gasteiger partial charge in [0.25, 0.3) is 5.69 Å². The van der Waals surface area contributed by atoms with Crippen LogP contribution in [0.1, 0.15) is 28.4 Å². The van der Waals surface area contributed by atoms with E-state index in [2.05, 4.69) is 0 Å². The van der Waals surface area contributed by atoms with E-state index >= 15 is 0 Å². The second kappa shape index (κ2) is 3.57. The molecular weight excluding hydrogens is 182 g/mol. The van der Waals surface area contributed by atoms with Gasteiger partial charge in [0.15, 0.2) is 5.78 Å². The van der Waals surface area contributed by atoms with Gasteiger partial charge in [-0.1, -0.05) is 6.07 Å². The van der Waals surface area contributed by atoms with Crippen LogP contribution in [0.4, 0.5) is 5.69 Å². The molecule has 0 atom stereocenters. The van der Waals surface area contributed by atoms with Crippen LogP contribution >= 0.6 is 0 Å². The summed E-state index contributed by atoms with van der Waals surface area (Å²) in [6.45, 7) is 4.79. The number of ketones is 1. The Morgan fingerprint density at radius 2 is 1.93 bits per heavy atom. The van der Waals surface area contributed by atoms with Crippen molar-refractivity contribution in [2.24, 2.45) is 0 Å². The zero-order valence-electron chi connectivity index (χ0n) is 8.33. The molecule has 4 nitrogen and oxygen atoms in total. The maximum absolute atomic E-state index is 11.2. The lowest BCUT2D eigenvalue weighted by Gasteiger charge is -2.05. The molecule has 0 amide bonds. The fourth-order valence-corrected chi connectivity index (χ4v) is 1.58. The zero-order chi connectivity index (χ0) is 10.9. The quantitative estimate of drug-likeness (QED) is 0.411. The summed E-state index contributed by atoms with van der Waals surface area (Å²) in [4.78, 5) is 21.4. The molecule has 0 heterocycles. The fraction of sp³-hybridized carbons (Fsp3) is 0.300. The van der Waals surface area contributed by atoms with Crippen LogP contribution in [0, 0.1) is 24.0 Å². The van der Waals surface area contributed by atoms with Crippen LogP contribution in [-0.4, -0.2) is 10.7 Å². The molecule has 0 saturated carbocycles. The van der Waals surface area contributed by atoms with Crippen LogP contribution < -0.4 is 0 Å². The summed E-state index contributed by atoms with van der Waals surface area (Å²) in [6.07, 6.45) is 0. The molecule has 0 aromatic heterocycles. The van der Waals surface area contributed by atoms with Crippen LogP contribution in [0.2, 0.25) is 0 Å². The summed E-state index contributed by atoms with van der Waals surface area (Å²) in [7, 11) is 0. The van der Waals surface area contributed by atoms with E-state index in [1.807, 2.05) is 0 Å². The second-order valence-corrected chi connectivity index (χ2v) is 3.21. The minimum atomic E-state index is -0.471. The Balaban J connectivity index is 3.49. The number of aryl methyl sites for hydroxylation is 1. The normalized spacial score (nSPS) is 9.93. The van der Waals surface area contributed by atoms with Crippen molar-refractivity contribution in [3.05, 3.63) is 38.9 Å². The largest absolute Gasteiger partial charge is 0.294 e. The topological polar surface area (TPSA) is 60.2 Å². The predicted molar refractivity (Wildman–Crippen MR) is 52.6 cm³/mol. The lowest BCUT2D eigenvalue weighted by atomic mass is 9.98. The first kappa shape index (κ1) is 10.4. The van der Waals surface area contributed by atoms with E-state index in [4.69, 9.17) is 0 Å². The average Bonchev–Trinajstić information content (AvgIpc) is 2.02. The minimum Gasteiger partial charge on any atom is -0.294 e. The van der Waals surface area contributed by atoms with Gasteiger partial charge >= 0.3 is 0 Å². The predicted octanol–water partition coefficient (Wildman–Crippen LogP) is 2.41. The second-order valence-electron chi connectivity index (χ2n) is 3.21. The molecule has 74 valence electrons. The van der Waals surface area contributed by atoms with Crippen molar-refractivity contribution in [1.29, 1.82) is 0 Å². The summed E-state index contributed by atoms with van der Waals surface area (Å²) >= 11 is 0. The van der Waals surface area contributed by atoms with Crippen LogP contribution in [0.15, 0.2) is 12.1 Å². The van der Waals surface area contributed by atoms with E-state index in [1.165, 1.54) is 13.0 Å². The lowest BCUT2D eigenvalue weighted by Crippen LogP contribution is -2.03. The maximum atomic E-state index is 11.2. The Bertz CT molecular complexity index is 410. The molecule has 0 unspecified atom stereocenters. The molecule has 1 aromatic rings. The van der Waals surface area contributed by atoms with Crippen molar-refractivity contribution in [3.63, 3.8) is 0 Å². The summed E-state index contributed by atoms with van der Waals surface area (Å²) in [5, 5.41) is 10.6. The number of carbonyl (C=O) groups is 1. The Kier molecular flexibility index (Phi) is 2.65. The molecule has 0 aliphatic heterocycles. The van der Waals surface area contributed by atoms with E-state index in [1.54, 1.807) is 19.9 Å². The average molecular weight is 193 g/mol. The Morgan fingerprint density at radius 1 is 1.36 bits per heavy atom. The van der Waals surface area contributed by atoms with Gasteiger partial charge in [-0.05, 0) is 26.3 Å². The van der Waals surface area contributed by atoms with E-state index in [0.717, 1.165) is 5.56 Å². The standard InChI is InChI=1S/C10H11NO3/c1-6-4-5-9(11(13)14)7(2)10(6)8(3)12/h4-5H,1-3H3. The summed E-state index contributed by atoms with van der Waals surface area (Å²) in [5.41, 5.74) is 1.68. The fourth-order valence-electron chi connectivity index (χ4n) is 1.58. The highest BCUT2D eigenvalue weighted by Gasteiger charge is 2.17. The molecule has 0 spiro atoms. The Morgan fingerprint density at radius 3 is 2.36 bits per heavy atom. The SMILES string of the molecule is CC(=O)c1c(C)ccc([N+](=O)[O-])c1C. The highest BCUT2D eigenvalue weighted by molar-refractivity contribution is 5.97. The van der Waals surface area contributed by atoms with Gasteiger partial charge in [-0.25, -0.2) is 0 Å². The van der Waals surface area contributed by atoms with Crippen molar-refractivity contribution >= 4 is 11.5 Å². The molecular formula is C10H11NO3. The van der Waals surface area contributed by atoms with Crippen LogP contribution in [0.5, 0.6) is 0 Å². The van der Waals surface area contributed by atoms with Crippen molar-refractivity contribution in [2.75, 3.05) is 0 Å². The van der Waals surface area contributed by atoms with Gasteiger partial charge in [0, 0.05) is 17.2 Å². The Hall–Kier alpha value is -1.71. The molecule has 1 aromatic carbocycles. The molecule has 1 rings (SSSR count). The minimum absolute atomic E-state index is 0.000741. The summed E-state index contributed by atoms with van der Waals surface area (Å²) in [5.74, 6) is -0.135. The number of nitro benzene ring substituents is 1. The molecule has 0 radical (unpaired) electrons. The van der Waals surface area contributed by atoms with Gasteiger partial charge in [-0.3, -0.25) is 14.9 Å². The molecule has 14 heavy (non-hydrogen) atoms. The molecule has 4 heteroatoms. The van der Waals surface area contributed by atoms with Crippen LogP contribution in [0.3, 0.4) is 0 Å². The van der Waals surface area contributed by atoms with Gasteiger partial charge in [-0.15, -0.1) is 0 Å². The van der Waals surface area contributed by atoms with Crippen molar-refractivity contribution < 1.29 is 9.72 Å². The first-order chi connectivity index (χ1) is 6.45. The monoisotopic (exact) mass is 193 g/mol. The molecule has 0 aliphatic rings.